The molecular formula is C24H31N3O5. The van der Waals surface area contributed by atoms with Gasteiger partial charge in [-0.25, -0.2) is 4.98 Å². The van der Waals surface area contributed by atoms with E-state index >= 15 is 0 Å². The molecule has 1 aromatic carbocycles. The summed E-state index contributed by atoms with van der Waals surface area (Å²) in [5.41, 5.74) is 4.11. The molecule has 2 aromatic heterocycles. The molecule has 3 aromatic rings. The number of fused-ring (bicyclic) bond motifs is 1. The summed E-state index contributed by atoms with van der Waals surface area (Å²) in [5, 5.41) is 19.1. The molecule has 0 aliphatic rings. The first-order chi connectivity index (χ1) is 15.1. The van der Waals surface area contributed by atoms with Crippen molar-refractivity contribution in [2.75, 3.05) is 13.7 Å². The van der Waals surface area contributed by atoms with E-state index in [1.54, 1.807) is 31.8 Å². The fourth-order valence-corrected chi connectivity index (χ4v) is 4.16. The van der Waals surface area contributed by atoms with Crippen LogP contribution in [0.4, 0.5) is 0 Å². The van der Waals surface area contributed by atoms with E-state index in [4.69, 9.17) is 9.72 Å². The molecule has 0 radical (unpaired) electrons. The number of aryl methyl sites for hydroxylation is 3. The van der Waals surface area contributed by atoms with Crippen LogP contribution in [-0.4, -0.2) is 50.1 Å². The van der Waals surface area contributed by atoms with Crippen molar-refractivity contribution >= 4 is 17.0 Å². The molecule has 0 spiro atoms. The Hall–Kier alpha value is -2.97. The Morgan fingerprint density at radius 3 is 2.56 bits per heavy atom. The number of imidazole rings is 1. The van der Waals surface area contributed by atoms with Crippen LogP contribution in [0.15, 0.2) is 35.3 Å². The van der Waals surface area contributed by atoms with E-state index < -0.39 is 18.0 Å². The first kappa shape index (κ1) is 23.7. The molecule has 0 unspecified atom stereocenters. The van der Waals surface area contributed by atoms with Crippen molar-refractivity contribution < 1.29 is 19.7 Å². The van der Waals surface area contributed by atoms with Crippen molar-refractivity contribution in [2.24, 2.45) is 13.0 Å². The zero-order valence-electron chi connectivity index (χ0n) is 19.2. The van der Waals surface area contributed by atoms with Gasteiger partial charge in [0.1, 0.15) is 5.82 Å². The number of rotatable bonds is 9. The van der Waals surface area contributed by atoms with Crippen LogP contribution in [0.25, 0.3) is 22.4 Å². The van der Waals surface area contributed by atoms with Crippen molar-refractivity contribution in [3.05, 3.63) is 51.9 Å². The molecule has 3 rings (SSSR count). The molecule has 172 valence electrons. The number of aliphatic hydroxyl groups is 1. The number of aromatic nitrogens is 3. The molecule has 0 aliphatic heterocycles. The number of aliphatic hydroxyl groups excluding tert-OH is 1. The zero-order chi connectivity index (χ0) is 23.6. The maximum Gasteiger partial charge on any atom is 0.309 e. The standard InChI is InChI=1S/C24H31N3O5/c1-14-10-18(12-26(4)23(14)29)22-25-20-11-17(6-8-19(16(3)28)24(30)31)7-9-21(20)27(22)15(2)13-32-5/h7,9-12,15-16,19,28H,6,8,13H2,1-5H3,(H,30,31)/t15-,16+,19-/m0/s1. The van der Waals surface area contributed by atoms with E-state index in [1.807, 2.05) is 24.3 Å². The highest BCUT2D eigenvalue weighted by molar-refractivity contribution is 5.81. The Morgan fingerprint density at radius 1 is 1.25 bits per heavy atom. The van der Waals surface area contributed by atoms with E-state index in [-0.39, 0.29) is 11.6 Å². The Kier molecular flexibility index (Phi) is 7.16. The molecule has 0 amide bonds. The van der Waals surface area contributed by atoms with Gasteiger partial charge in [-0.2, -0.15) is 0 Å². The van der Waals surface area contributed by atoms with Crippen LogP contribution in [0.3, 0.4) is 0 Å². The number of nitrogens with zero attached hydrogens (tertiary/aromatic N) is 3. The number of benzene rings is 1. The van der Waals surface area contributed by atoms with Gasteiger partial charge in [-0.3, -0.25) is 9.59 Å². The lowest BCUT2D eigenvalue weighted by Crippen LogP contribution is -2.26. The summed E-state index contributed by atoms with van der Waals surface area (Å²) in [7, 11) is 3.38. The third-order valence-corrected chi connectivity index (χ3v) is 5.87. The Labute approximate surface area is 187 Å². The Balaban J connectivity index is 2.07. The van der Waals surface area contributed by atoms with Gasteiger partial charge in [-0.05, 0) is 57.4 Å². The predicted molar refractivity (Wildman–Crippen MR) is 123 cm³/mol. The normalized spacial score (nSPS) is 14.4. The summed E-state index contributed by atoms with van der Waals surface area (Å²) < 4.78 is 9.05. The highest BCUT2D eigenvalue weighted by atomic mass is 16.5. The SMILES string of the molecule is COC[C@H](C)n1c(-c2cc(C)c(=O)n(C)c2)nc2cc(CC[C@H](C(=O)O)[C@@H](C)O)ccc21. The van der Waals surface area contributed by atoms with Crippen LogP contribution < -0.4 is 5.56 Å². The topological polar surface area (TPSA) is 107 Å². The zero-order valence-corrected chi connectivity index (χ0v) is 19.2. The molecule has 0 fully saturated rings. The van der Waals surface area contributed by atoms with E-state index in [9.17, 15) is 19.8 Å². The number of carbonyl (C=O) groups is 1. The van der Waals surface area contributed by atoms with E-state index in [0.717, 1.165) is 28.0 Å². The number of hydrogen-bond acceptors (Lipinski definition) is 5. The monoisotopic (exact) mass is 441 g/mol. The molecule has 8 nitrogen and oxygen atoms in total. The highest BCUT2D eigenvalue weighted by Crippen LogP contribution is 2.30. The predicted octanol–water partition coefficient (Wildman–Crippen LogP) is 2.93. The van der Waals surface area contributed by atoms with Gasteiger partial charge in [-0.15, -0.1) is 0 Å². The van der Waals surface area contributed by atoms with Crippen LogP contribution >= 0.6 is 0 Å². The molecular weight excluding hydrogens is 410 g/mol. The van der Waals surface area contributed by atoms with Crippen LogP contribution in [0, 0.1) is 12.8 Å². The molecule has 0 aliphatic carbocycles. The Bertz CT molecular complexity index is 1150. The van der Waals surface area contributed by atoms with Crippen LogP contribution in [0.1, 0.15) is 37.4 Å². The highest BCUT2D eigenvalue weighted by Gasteiger charge is 2.23. The molecule has 3 atom stereocenters. The summed E-state index contributed by atoms with van der Waals surface area (Å²) in [4.78, 5) is 28.4. The Morgan fingerprint density at radius 2 is 1.97 bits per heavy atom. The van der Waals surface area contributed by atoms with E-state index in [1.165, 1.54) is 6.92 Å². The van der Waals surface area contributed by atoms with Crippen LogP contribution in [-0.2, 0) is 23.0 Å². The smallest absolute Gasteiger partial charge is 0.309 e. The number of ether oxygens (including phenoxy) is 1. The minimum atomic E-state index is -0.994. The van der Waals surface area contributed by atoms with Gasteiger partial charge < -0.3 is 24.1 Å². The lowest BCUT2D eigenvalue weighted by molar-refractivity contribution is -0.145. The first-order valence-electron chi connectivity index (χ1n) is 10.7. The summed E-state index contributed by atoms with van der Waals surface area (Å²) >= 11 is 0. The number of pyridine rings is 1. The maximum atomic E-state index is 12.2. The number of hydrogen-bond donors (Lipinski definition) is 2. The number of methoxy groups -OCH3 is 1. The number of aliphatic carboxylic acids is 1. The molecule has 2 N–H and O–H groups in total. The van der Waals surface area contributed by atoms with Gasteiger partial charge >= 0.3 is 5.97 Å². The minimum absolute atomic E-state index is 0.00928. The quantitative estimate of drug-likeness (QED) is 0.529. The summed E-state index contributed by atoms with van der Waals surface area (Å²) in [6.07, 6.45) is 1.73. The molecule has 0 bridgehead atoms. The number of carboxylic acid groups (broad SMARTS) is 1. The van der Waals surface area contributed by atoms with Crippen molar-refractivity contribution in [2.45, 2.75) is 45.8 Å². The lowest BCUT2D eigenvalue weighted by atomic mass is 9.95. The largest absolute Gasteiger partial charge is 0.481 e. The molecule has 0 saturated carbocycles. The fourth-order valence-electron chi connectivity index (χ4n) is 4.16. The van der Waals surface area contributed by atoms with Crippen molar-refractivity contribution in [3.8, 4) is 11.4 Å². The van der Waals surface area contributed by atoms with Crippen molar-refractivity contribution in [3.63, 3.8) is 0 Å². The molecule has 8 heteroatoms. The molecule has 32 heavy (non-hydrogen) atoms. The summed E-state index contributed by atoms with van der Waals surface area (Å²) in [5.74, 6) is -1.06. The van der Waals surface area contributed by atoms with E-state index in [0.29, 0.717) is 25.0 Å². The van der Waals surface area contributed by atoms with Crippen LogP contribution in [0.2, 0.25) is 0 Å². The van der Waals surface area contributed by atoms with Crippen LogP contribution in [0.5, 0.6) is 0 Å². The van der Waals surface area contributed by atoms with Gasteiger partial charge in [0.2, 0.25) is 0 Å². The number of carboxylic acids is 1. The van der Waals surface area contributed by atoms with Gasteiger partial charge in [-0.1, -0.05) is 6.07 Å². The van der Waals surface area contributed by atoms with E-state index in [2.05, 4.69) is 11.5 Å². The maximum absolute atomic E-state index is 12.2. The molecule has 0 saturated heterocycles. The average Bonchev–Trinajstić information content (AvgIpc) is 3.10. The summed E-state index contributed by atoms with van der Waals surface area (Å²) in [6, 6.07) is 7.78. The second kappa shape index (κ2) is 9.67. The first-order valence-corrected chi connectivity index (χ1v) is 10.7. The second-order valence-corrected chi connectivity index (χ2v) is 8.48. The van der Waals surface area contributed by atoms with Gasteiger partial charge in [0.25, 0.3) is 5.56 Å². The minimum Gasteiger partial charge on any atom is -0.481 e. The molecule has 2 heterocycles. The third-order valence-electron chi connectivity index (χ3n) is 5.87. The summed E-state index contributed by atoms with van der Waals surface area (Å²) in [6.45, 7) is 5.84. The fraction of sp³-hybridized carbons (Fsp3) is 0.458. The lowest BCUT2D eigenvalue weighted by Gasteiger charge is -2.18. The van der Waals surface area contributed by atoms with Crippen molar-refractivity contribution in [1.82, 2.24) is 14.1 Å². The second-order valence-electron chi connectivity index (χ2n) is 8.48. The van der Waals surface area contributed by atoms with Gasteiger partial charge in [0.05, 0.1) is 35.7 Å². The van der Waals surface area contributed by atoms with Crippen molar-refractivity contribution in [1.29, 1.82) is 0 Å². The van der Waals surface area contributed by atoms with Gasteiger partial charge in [0, 0.05) is 31.5 Å². The average molecular weight is 442 g/mol. The van der Waals surface area contributed by atoms with Gasteiger partial charge in [0.15, 0.2) is 0 Å². The third kappa shape index (κ3) is 4.76.